The molecule has 0 aromatic heterocycles. The lowest BCUT2D eigenvalue weighted by Crippen LogP contribution is -2.12. The van der Waals surface area contributed by atoms with Crippen LogP contribution in [0.5, 0.6) is 0 Å². The first-order chi connectivity index (χ1) is 10.2. The number of esters is 1. The van der Waals surface area contributed by atoms with Gasteiger partial charge in [0.25, 0.3) is 0 Å². The zero-order chi connectivity index (χ0) is 16.7. The molecule has 0 amide bonds. The second-order valence-electron chi connectivity index (χ2n) is 5.74. The Hall–Kier alpha value is -1.20. The van der Waals surface area contributed by atoms with Gasteiger partial charge in [-0.25, -0.2) is 13.2 Å². The molecule has 2 unspecified atom stereocenters. The minimum absolute atomic E-state index is 0.284. The second kappa shape index (κ2) is 6.13. The average molecular weight is 353 g/mol. The molecule has 2 atom stereocenters. The fourth-order valence-electron chi connectivity index (χ4n) is 2.61. The highest BCUT2D eigenvalue weighted by molar-refractivity contribution is 6.37. The van der Waals surface area contributed by atoms with Crippen molar-refractivity contribution in [2.24, 2.45) is 17.3 Å². The molecule has 0 radical (unpaired) electrons. The third-order valence-corrected chi connectivity index (χ3v) is 4.61. The van der Waals surface area contributed by atoms with Gasteiger partial charge in [-0.1, -0.05) is 37.0 Å². The van der Waals surface area contributed by atoms with Gasteiger partial charge in [-0.3, -0.25) is 4.79 Å². The Morgan fingerprint density at radius 2 is 1.95 bits per heavy atom. The van der Waals surface area contributed by atoms with Gasteiger partial charge >= 0.3 is 5.97 Å². The first-order valence-corrected chi connectivity index (χ1v) is 7.27. The summed E-state index contributed by atoms with van der Waals surface area (Å²) in [5, 5.41) is 0.330. The van der Waals surface area contributed by atoms with Crippen molar-refractivity contribution in [3.63, 3.8) is 0 Å². The lowest BCUT2D eigenvalue weighted by atomic mass is 10.1. The number of hydrogen-bond acceptors (Lipinski definition) is 2. The van der Waals surface area contributed by atoms with E-state index in [2.05, 4.69) is 0 Å². The maximum Gasteiger partial charge on any atom is 0.310 e. The molecule has 1 aliphatic carbocycles. The highest BCUT2D eigenvalue weighted by Gasteiger charge is 2.64. The van der Waals surface area contributed by atoms with Gasteiger partial charge in [0.2, 0.25) is 0 Å². The Balaban J connectivity index is 2.06. The molecule has 0 bridgehead atoms. The number of halogens is 5. The van der Waals surface area contributed by atoms with Crippen LogP contribution in [0.4, 0.5) is 13.2 Å². The van der Waals surface area contributed by atoms with Crippen LogP contribution in [0.25, 0.3) is 0 Å². The Bertz CT molecular complexity index is 644. The number of allylic oxidation sites excluding steroid dienone is 1. The van der Waals surface area contributed by atoms with E-state index in [0.717, 1.165) is 6.07 Å². The molecule has 1 aromatic carbocycles. The van der Waals surface area contributed by atoms with Crippen LogP contribution >= 0.6 is 23.2 Å². The number of benzene rings is 1. The molecule has 2 rings (SSSR count). The van der Waals surface area contributed by atoms with Crippen LogP contribution in [0.2, 0.25) is 0 Å². The minimum Gasteiger partial charge on any atom is -0.460 e. The Morgan fingerprint density at radius 1 is 1.32 bits per heavy atom. The predicted molar refractivity (Wildman–Crippen MR) is 76.7 cm³/mol. The molecule has 7 heteroatoms. The van der Waals surface area contributed by atoms with Gasteiger partial charge in [-0.05, 0) is 11.5 Å². The van der Waals surface area contributed by atoms with Gasteiger partial charge in [0.05, 0.1) is 5.92 Å². The fourth-order valence-corrected chi connectivity index (χ4v) is 3.16. The molecule has 1 aliphatic rings. The van der Waals surface area contributed by atoms with Gasteiger partial charge in [0.15, 0.2) is 11.6 Å². The first kappa shape index (κ1) is 17.2. The highest BCUT2D eigenvalue weighted by Crippen LogP contribution is 2.63. The normalized spacial score (nSPS) is 23.3. The van der Waals surface area contributed by atoms with Crippen LogP contribution < -0.4 is 0 Å². The van der Waals surface area contributed by atoms with E-state index in [1.54, 1.807) is 0 Å². The molecule has 0 N–H and O–H groups in total. The number of ether oxygens (including phenoxy) is 1. The molecule has 1 aromatic rings. The molecule has 1 fully saturated rings. The van der Waals surface area contributed by atoms with Crippen molar-refractivity contribution in [3.8, 4) is 0 Å². The van der Waals surface area contributed by atoms with Gasteiger partial charge in [0.1, 0.15) is 12.4 Å². The fraction of sp³-hybridized carbons (Fsp3) is 0.400. The maximum absolute atomic E-state index is 13.5. The van der Waals surface area contributed by atoms with E-state index in [1.807, 2.05) is 13.8 Å². The van der Waals surface area contributed by atoms with Gasteiger partial charge < -0.3 is 4.74 Å². The summed E-state index contributed by atoms with van der Waals surface area (Å²) in [6.45, 7) is 3.07. The number of rotatable bonds is 4. The number of carbonyl (C=O) groups excluding carboxylic acids is 1. The van der Waals surface area contributed by atoms with E-state index in [0.29, 0.717) is 11.1 Å². The molecule has 0 aliphatic heterocycles. The molecular weight excluding hydrogens is 340 g/mol. The first-order valence-electron chi connectivity index (χ1n) is 6.46. The van der Waals surface area contributed by atoms with Gasteiger partial charge in [-0.2, -0.15) is 0 Å². The van der Waals surface area contributed by atoms with E-state index in [9.17, 15) is 18.0 Å². The monoisotopic (exact) mass is 352 g/mol. The zero-order valence-corrected chi connectivity index (χ0v) is 13.3. The SMILES string of the molecule is CC1(C)C(C(=O)OCc2cc(F)cc(F)c2F)C1C(Cl)=CCl. The third-order valence-electron chi connectivity index (χ3n) is 3.92. The van der Waals surface area contributed by atoms with Crippen LogP contribution in [0, 0.1) is 34.7 Å². The molecular formula is C15H13Cl2F3O2. The lowest BCUT2D eigenvalue weighted by Gasteiger charge is -2.07. The zero-order valence-electron chi connectivity index (χ0n) is 11.8. The van der Waals surface area contributed by atoms with Crippen molar-refractivity contribution in [3.05, 3.63) is 45.7 Å². The van der Waals surface area contributed by atoms with Crippen molar-refractivity contribution in [2.75, 3.05) is 0 Å². The van der Waals surface area contributed by atoms with Crippen molar-refractivity contribution >= 4 is 29.2 Å². The Kier molecular flexibility index (Phi) is 4.78. The van der Waals surface area contributed by atoms with E-state index >= 15 is 0 Å². The van der Waals surface area contributed by atoms with Crippen LogP contribution in [0.1, 0.15) is 19.4 Å². The summed E-state index contributed by atoms with van der Waals surface area (Å²) in [4.78, 5) is 12.0. The Labute approximate surface area is 135 Å². The largest absolute Gasteiger partial charge is 0.460 e. The average Bonchev–Trinajstić information content (AvgIpc) is 3.02. The van der Waals surface area contributed by atoms with E-state index in [1.165, 1.54) is 5.54 Å². The topological polar surface area (TPSA) is 26.3 Å². The number of hydrogen-bond donors (Lipinski definition) is 0. The second-order valence-corrected chi connectivity index (χ2v) is 6.39. The quantitative estimate of drug-likeness (QED) is 0.577. The summed E-state index contributed by atoms with van der Waals surface area (Å²) in [6.07, 6.45) is 0. The lowest BCUT2D eigenvalue weighted by molar-refractivity contribution is -0.147. The molecule has 0 heterocycles. The van der Waals surface area contributed by atoms with Gasteiger partial charge in [0, 0.05) is 28.1 Å². The summed E-state index contributed by atoms with van der Waals surface area (Å²) in [5.41, 5.74) is 0.383. The summed E-state index contributed by atoms with van der Waals surface area (Å²) < 4.78 is 44.6. The van der Waals surface area contributed by atoms with E-state index in [4.69, 9.17) is 27.9 Å². The van der Waals surface area contributed by atoms with Crippen molar-refractivity contribution in [1.82, 2.24) is 0 Å². The standard InChI is InChI=1S/C15H13Cl2F3O2/c1-15(2)11(9(17)5-16)12(15)14(21)22-6-7-3-8(18)4-10(19)13(7)20/h3-5,11-12H,6H2,1-2H3. The molecule has 0 saturated heterocycles. The van der Waals surface area contributed by atoms with E-state index < -0.39 is 41.4 Å². The third kappa shape index (κ3) is 3.10. The summed E-state index contributed by atoms with van der Waals surface area (Å²) in [6, 6.07) is 1.21. The highest BCUT2D eigenvalue weighted by atomic mass is 35.5. The maximum atomic E-state index is 13.5. The smallest absolute Gasteiger partial charge is 0.310 e. The van der Waals surface area contributed by atoms with Crippen LogP contribution in [0.3, 0.4) is 0 Å². The molecule has 0 spiro atoms. The Morgan fingerprint density at radius 3 is 2.55 bits per heavy atom. The predicted octanol–water partition coefficient (Wildman–Crippen LogP) is 4.74. The number of carbonyl (C=O) groups is 1. The van der Waals surface area contributed by atoms with Crippen LogP contribution in [0.15, 0.2) is 22.7 Å². The van der Waals surface area contributed by atoms with Crippen LogP contribution in [-0.2, 0) is 16.1 Å². The summed E-state index contributed by atoms with van der Waals surface area (Å²) in [7, 11) is 0. The van der Waals surface area contributed by atoms with Gasteiger partial charge in [-0.15, -0.1) is 0 Å². The van der Waals surface area contributed by atoms with Crippen LogP contribution in [-0.4, -0.2) is 5.97 Å². The minimum atomic E-state index is -1.33. The molecule has 1 saturated carbocycles. The van der Waals surface area contributed by atoms with Crippen molar-refractivity contribution in [2.45, 2.75) is 20.5 Å². The van der Waals surface area contributed by atoms with E-state index in [-0.39, 0.29) is 11.5 Å². The molecule has 2 nitrogen and oxygen atoms in total. The molecule has 22 heavy (non-hydrogen) atoms. The van der Waals surface area contributed by atoms with Crippen molar-refractivity contribution < 1.29 is 22.7 Å². The molecule has 120 valence electrons. The summed E-state index contributed by atoms with van der Waals surface area (Å²) >= 11 is 11.5. The van der Waals surface area contributed by atoms with Crippen molar-refractivity contribution in [1.29, 1.82) is 0 Å². The summed E-state index contributed by atoms with van der Waals surface area (Å²) in [5.74, 6) is -4.94.